The zero-order valence-electron chi connectivity index (χ0n) is 16.6. The Hall–Kier alpha value is -1.80. The van der Waals surface area contributed by atoms with Gasteiger partial charge in [0.05, 0.1) is 16.7 Å². The summed E-state index contributed by atoms with van der Waals surface area (Å²) in [5, 5.41) is 12.0. The van der Waals surface area contributed by atoms with Crippen LogP contribution in [0.1, 0.15) is 41.3 Å². The Balaban J connectivity index is 1.61. The number of anilines is 1. The maximum Gasteiger partial charge on any atom is 0.257 e. The molecule has 1 heterocycles. The number of ether oxygens (including phenoxy) is 1. The molecule has 0 saturated carbocycles. The summed E-state index contributed by atoms with van der Waals surface area (Å²) in [6, 6.07) is 11.3. The predicted molar refractivity (Wildman–Crippen MR) is 125 cm³/mol. The molecule has 0 spiro atoms. The lowest BCUT2D eigenvalue weighted by Crippen LogP contribution is -2.12. The number of unbranched alkanes of at least 4 members (excludes halogenated alkanes) is 1. The summed E-state index contributed by atoms with van der Waals surface area (Å²) >= 11 is 15.4. The lowest BCUT2D eigenvalue weighted by Gasteiger charge is -2.11. The highest BCUT2D eigenvalue weighted by Gasteiger charge is 2.16. The monoisotopic (exact) mass is 481 g/mol. The number of rotatable bonds is 9. The van der Waals surface area contributed by atoms with Crippen LogP contribution in [0, 0.1) is 6.92 Å². The number of hydrogen-bond acceptors (Lipinski definition) is 6. The van der Waals surface area contributed by atoms with Gasteiger partial charge in [-0.05, 0) is 36.6 Å². The van der Waals surface area contributed by atoms with E-state index in [1.54, 1.807) is 23.9 Å². The SMILES string of the molecule is CCCCOc1c(Cl)cc(C(=O)Nc2nnc(SCc3ccccc3C)s2)cc1Cl. The number of nitrogens with one attached hydrogen (secondary N) is 1. The molecule has 2 aromatic carbocycles. The Kier molecular flexibility index (Phi) is 8.39. The molecule has 1 N–H and O–H groups in total. The van der Waals surface area contributed by atoms with E-state index in [9.17, 15) is 4.79 Å². The van der Waals surface area contributed by atoms with Crippen LogP contribution in [0.2, 0.25) is 10.0 Å². The Bertz CT molecular complexity index is 1000. The standard InChI is InChI=1S/C21H21Cl2N3O2S2/c1-3-4-9-28-18-16(22)10-15(11-17(18)23)19(27)24-20-25-26-21(30-20)29-12-14-8-6-5-7-13(14)2/h5-8,10-11H,3-4,9,12H2,1-2H3,(H,24,25,27). The number of hydrogen-bond donors (Lipinski definition) is 1. The molecule has 30 heavy (non-hydrogen) atoms. The van der Waals surface area contributed by atoms with Gasteiger partial charge < -0.3 is 4.74 Å². The molecule has 0 saturated heterocycles. The highest BCUT2D eigenvalue weighted by atomic mass is 35.5. The third-order valence-corrected chi connectivity index (χ3v) is 6.83. The first-order valence-electron chi connectivity index (χ1n) is 9.42. The molecule has 158 valence electrons. The van der Waals surface area contributed by atoms with Crippen LogP contribution in [-0.4, -0.2) is 22.7 Å². The molecule has 0 aliphatic carbocycles. The molecule has 0 bridgehead atoms. The van der Waals surface area contributed by atoms with Crippen LogP contribution in [0.3, 0.4) is 0 Å². The van der Waals surface area contributed by atoms with Crippen LogP contribution in [0.5, 0.6) is 5.75 Å². The Labute approximate surface area is 194 Å². The van der Waals surface area contributed by atoms with E-state index in [-0.39, 0.29) is 5.91 Å². The van der Waals surface area contributed by atoms with Gasteiger partial charge in [-0.1, -0.05) is 83.9 Å². The van der Waals surface area contributed by atoms with Crippen molar-refractivity contribution >= 4 is 57.3 Å². The fourth-order valence-corrected chi connectivity index (χ4v) is 4.97. The largest absolute Gasteiger partial charge is 0.490 e. The van der Waals surface area contributed by atoms with Crippen molar-refractivity contribution in [3.05, 3.63) is 63.1 Å². The van der Waals surface area contributed by atoms with E-state index in [1.807, 2.05) is 12.1 Å². The number of halogens is 2. The quantitative estimate of drug-likeness (QED) is 0.205. The van der Waals surface area contributed by atoms with E-state index >= 15 is 0 Å². The minimum atomic E-state index is -0.356. The van der Waals surface area contributed by atoms with Gasteiger partial charge >= 0.3 is 0 Å². The second kappa shape index (κ2) is 11.0. The van der Waals surface area contributed by atoms with Gasteiger partial charge in [-0.3, -0.25) is 10.1 Å². The van der Waals surface area contributed by atoms with Crippen LogP contribution in [0.25, 0.3) is 0 Å². The zero-order valence-corrected chi connectivity index (χ0v) is 19.7. The molecule has 1 amide bonds. The molecule has 0 atom stereocenters. The molecular formula is C21H21Cl2N3O2S2. The van der Waals surface area contributed by atoms with Crippen LogP contribution in [0.4, 0.5) is 5.13 Å². The molecule has 0 unspecified atom stereocenters. The molecule has 1 aromatic heterocycles. The van der Waals surface area contributed by atoms with Crippen LogP contribution >= 0.6 is 46.3 Å². The number of thioether (sulfide) groups is 1. The molecule has 0 aliphatic rings. The first kappa shape index (κ1) is 22.9. The fourth-order valence-electron chi connectivity index (χ4n) is 2.55. The molecule has 0 aliphatic heterocycles. The number of benzene rings is 2. The molecule has 9 heteroatoms. The number of amides is 1. The van der Waals surface area contributed by atoms with Crippen molar-refractivity contribution in [3.63, 3.8) is 0 Å². The second-order valence-corrected chi connectivity index (χ2v) is 9.53. The smallest absolute Gasteiger partial charge is 0.257 e. The van der Waals surface area contributed by atoms with Gasteiger partial charge in [0.1, 0.15) is 0 Å². The maximum absolute atomic E-state index is 12.6. The fraction of sp³-hybridized carbons (Fsp3) is 0.286. The van der Waals surface area contributed by atoms with Crippen molar-refractivity contribution in [2.75, 3.05) is 11.9 Å². The number of aromatic nitrogens is 2. The normalized spacial score (nSPS) is 10.8. The molecule has 3 rings (SSSR count). The van der Waals surface area contributed by atoms with E-state index in [4.69, 9.17) is 27.9 Å². The summed E-state index contributed by atoms with van der Waals surface area (Å²) in [5.41, 5.74) is 2.81. The lowest BCUT2D eigenvalue weighted by molar-refractivity contribution is 0.102. The summed E-state index contributed by atoms with van der Waals surface area (Å²) in [7, 11) is 0. The van der Waals surface area contributed by atoms with Crippen molar-refractivity contribution in [2.45, 2.75) is 36.8 Å². The minimum Gasteiger partial charge on any atom is -0.490 e. The van der Waals surface area contributed by atoms with Crippen molar-refractivity contribution in [3.8, 4) is 5.75 Å². The molecule has 0 fully saturated rings. The van der Waals surface area contributed by atoms with Crippen LogP contribution in [0.15, 0.2) is 40.7 Å². The molecule has 5 nitrogen and oxygen atoms in total. The highest BCUT2D eigenvalue weighted by molar-refractivity contribution is 8.00. The summed E-state index contributed by atoms with van der Waals surface area (Å²) in [5.74, 6) is 0.833. The van der Waals surface area contributed by atoms with Gasteiger partial charge in [-0.2, -0.15) is 0 Å². The lowest BCUT2D eigenvalue weighted by atomic mass is 10.1. The summed E-state index contributed by atoms with van der Waals surface area (Å²) in [4.78, 5) is 12.6. The molecular weight excluding hydrogens is 461 g/mol. The van der Waals surface area contributed by atoms with E-state index in [0.717, 1.165) is 22.9 Å². The number of carbonyl (C=O) groups is 1. The van der Waals surface area contributed by atoms with Gasteiger partial charge in [0.15, 0.2) is 10.1 Å². The highest BCUT2D eigenvalue weighted by Crippen LogP contribution is 2.35. The van der Waals surface area contributed by atoms with Crippen LogP contribution < -0.4 is 10.1 Å². The Morgan fingerprint density at radius 2 is 1.93 bits per heavy atom. The Morgan fingerprint density at radius 1 is 1.20 bits per heavy atom. The maximum atomic E-state index is 12.6. The van der Waals surface area contributed by atoms with Crippen molar-refractivity contribution in [2.24, 2.45) is 0 Å². The van der Waals surface area contributed by atoms with Gasteiger partial charge in [-0.25, -0.2) is 0 Å². The second-order valence-electron chi connectivity index (χ2n) is 6.51. The van der Waals surface area contributed by atoms with Gasteiger partial charge in [0, 0.05) is 11.3 Å². The first-order valence-corrected chi connectivity index (χ1v) is 12.0. The Morgan fingerprint density at radius 3 is 2.63 bits per heavy atom. The molecule has 0 radical (unpaired) electrons. The van der Waals surface area contributed by atoms with E-state index in [1.165, 1.54) is 22.5 Å². The van der Waals surface area contributed by atoms with Crippen molar-refractivity contribution in [1.82, 2.24) is 10.2 Å². The van der Waals surface area contributed by atoms with E-state index in [0.29, 0.717) is 33.1 Å². The average molecular weight is 482 g/mol. The van der Waals surface area contributed by atoms with Crippen molar-refractivity contribution in [1.29, 1.82) is 0 Å². The first-order chi connectivity index (χ1) is 14.5. The number of nitrogens with zero attached hydrogens (tertiary/aromatic N) is 2. The third-order valence-electron chi connectivity index (χ3n) is 4.24. The van der Waals surface area contributed by atoms with Gasteiger partial charge in [0.2, 0.25) is 5.13 Å². The molecule has 3 aromatic rings. The predicted octanol–water partition coefficient (Wildman–Crippen LogP) is 6.88. The minimum absolute atomic E-state index is 0.301. The number of carbonyl (C=O) groups excluding carboxylic acids is 1. The van der Waals surface area contributed by atoms with E-state index in [2.05, 4.69) is 41.5 Å². The summed E-state index contributed by atoms with van der Waals surface area (Å²) in [6.07, 6.45) is 1.90. The average Bonchev–Trinajstić information content (AvgIpc) is 3.16. The van der Waals surface area contributed by atoms with Gasteiger partial charge in [-0.15, -0.1) is 10.2 Å². The van der Waals surface area contributed by atoms with Crippen LogP contribution in [-0.2, 0) is 5.75 Å². The summed E-state index contributed by atoms with van der Waals surface area (Å²) in [6.45, 7) is 4.67. The summed E-state index contributed by atoms with van der Waals surface area (Å²) < 4.78 is 6.40. The van der Waals surface area contributed by atoms with E-state index < -0.39 is 0 Å². The van der Waals surface area contributed by atoms with Crippen molar-refractivity contribution < 1.29 is 9.53 Å². The topological polar surface area (TPSA) is 64.1 Å². The zero-order chi connectivity index (χ0) is 21.5. The third kappa shape index (κ3) is 6.11. The van der Waals surface area contributed by atoms with Gasteiger partial charge in [0.25, 0.3) is 5.91 Å². The number of aryl methyl sites for hydroxylation is 1.